The molecule has 4 nitrogen and oxygen atoms in total. The van der Waals surface area contributed by atoms with Crippen LogP contribution in [0.3, 0.4) is 0 Å². The monoisotopic (exact) mass is 294 g/mol. The minimum atomic E-state index is -1.11. The van der Waals surface area contributed by atoms with Gasteiger partial charge in [0.1, 0.15) is 17.2 Å². The molecule has 0 aromatic heterocycles. The number of hydrogen-bond acceptors (Lipinski definition) is 4. The van der Waals surface area contributed by atoms with E-state index in [0.717, 1.165) is 6.07 Å². The van der Waals surface area contributed by atoms with Gasteiger partial charge in [0.15, 0.2) is 0 Å². The number of aromatic hydroxyl groups is 2. The van der Waals surface area contributed by atoms with Gasteiger partial charge in [-0.3, -0.25) is 0 Å². The maximum absolute atomic E-state index is 14.6. The summed E-state index contributed by atoms with van der Waals surface area (Å²) in [5.74, 6) is -0.278. The third kappa shape index (κ3) is 2.78. The predicted octanol–water partition coefficient (Wildman–Crippen LogP) is 3.43. The van der Waals surface area contributed by atoms with Crippen molar-refractivity contribution in [1.82, 2.24) is 0 Å². The molecule has 0 unspecified atom stereocenters. The van der Waals surface area contributed by atoms with Gasteiger partial charge >= 0.3 is 7.12 Å². The Morgan fingerprint density at radius 1 is 1.10 bits per heavy atom. The van der Waals surface area contributed by atoms with E-state index in [2.05, 4.69) is 0 Å². The van der Waals surface area contributed by atoms with Crippen LogP contribution in [-0.2, 0) is 9.31 Å². The molecule has 1 heterocycles. The molecule has 1 aliphatic heterocycles. The Kier molecular flexibility index (Phi) is 3.80. The summed E-state index contributed by atoms with van der Waals surface area (Å²) in [5.41, 5.74) is -1.35. The van der Waals surface area contributed by atoms with Gasteiger partial charge < -0.3 is 19.5 Å². The molecule has 0 spiro atoms. The SMILES string of the molecule is CC(=C(F)B1OC(C)(C)C(C)(C)O1)c1ccc(O)cc1O. The quantitative estimate of drug-likeness (QED) is 0.820. The lowest BCUT2D eigenvalue weighted by Crippen LogP contribution is -2.41. The largest absolute Gasteiger partial charge is 0.525 e. The molecule has 6 heteroatoms. The van der Waals surface area contributed by atoms with Crippen LogP contribution in [0.4, 0.5) is 4.39 Å². The van der Waals surface area contributed by atoms with Gasteiger partial charge in [-0.05, 0) is 52.3 Å². The standard InChI is InChI=1S/C15H20BFO4/c1-9(11-7-6-10(18)8-12(11)19)13(17)16-20-14(2,3)15(4,5)21-16/h6-8,18-19H,1-5H3. The number of halogens is 1. The molecule has 2 rings (SSSR count). The fraction of sp³-hybridized carbons (Fsp3) is 0.467. The highest BCUT2D eigenvalue weighted by molar-refractivity contribution is 6.55. The smallest absolute Gasteiger partial charge is 0.508 e. The van der Waals surface area contributed by atoms with Crippen LogP contribution in [0.15, 0.2) is 23.9 Å². The van der Waals surface area contributed by atoms with E-state index in [1.165, 1.54) is 19.1 Å². The molecule has 0 radical (unpaired) electrons. The van der Waals surface area contributed by atoms with Crippen molar-refractivity contribution in [2.24, 2.45) is 0 Å². The van der Waals surface area contributed by atoms with Crippen molar-refractivity contribution in [3.63, 3.8) is 0 Å². The summed E-state index contributed by atoms with van der Waals surface area (Å²) in [6.45, 7) is 8.90. The van der Waals surface area contributed by atoms with Crippen LogP contribution in [0.1, 0.15) is 40.2 Å². The second-order valence-corrected chi connectivity index (χ2v) is 6.26. The Balaban J connectivity index is 2.36. The van der Waals surface area contributed by atoms with Crippen LogP contribution < -0.4 is 0 Å². The van der Waals surface area contributed by atoms with Crippen molar-refractivity contribution in [2.45, 2.75) is 45.8 Å². The van der Waals surface area contributed by atoms with Crippen molar-refractivity contribution < 1.29 is 23.9 Å². The van der Waals surface area contributed by atoms with E-state index in [1.54, 1.807) is 0 Å². The topological polar surface area (TPSA) is 58.9 Å². The Bertz CT molecular complexity index is 579. The van der Waals surface area contributed by atoms with E-state index in [4.69, 9.17) is 9.31 Å². The van der Waals surface area contributed by atoms with Crippen LogP contribution in [-0.4, -0.2) is 28.5 Å². The average molecular weight is 294 g/mol. The van der Waals surface area contributed by atoms with Gasteiger partial charge in [-0.15, -0.1) is 0 Å². The molecule has 1 aliphatic rings. The summed E-state index contributed by atoms with van der Waals surface area (Å²) in [6, 6.07) is 4.00. The first kappa shape index (κ1) is 15.9. The molecule has 0 saturated carbocycles. The molecule has 1 fully saturated rings. The lowest BCUT2D eigenvalue weighted by atomic mass is 9.83. The molecule has 2 N–H and O–H groups in total. The molecule has 1 aromatic carbocycles. The van der Waals surface area contributed by atoms with E-state index in [0.29, 0.717) is 5.56 Å². The fourth-order valence-electron chi connectivity index (χ4n) is 2.09. The Morgan fingerprint density at radius 3 is 2.10 bits per heavy atom. The third-order valence-electron chi connectivity index (χ3n) is 4.20. The number of rotatable bonds is 2. The number of hydrogen-bond donors (Lipinski definition) is 2. The first-order chi connectivity index (χ1) is 9.55. The Morgan fingerprint density at radius 2 is 1.62 bits per heavy atom. The van der Waals surface area contributed by atoms with Crippen molar-refractivity contribution in [2.75, 3.05) is 0 Å². The predicted molar refractivity (Wildman–Crippen MR) is 79.6 cm³/mol. The van der Waals surface area contributed by atoms with Crippen LogP contribution in [0.5, 0.6) is 11.5 Å². The molecule has 114 valence electrons. The normalized spacial score (nSPS) is 21.3. The molecule has 1 aromatic rings. The minimum absolute atomic E-state index is 0.0832. The van der Waals surface area contributed by atoms with Gasteiger partial charge in [-0.2, -0.15) is 0 Å². The van der Waals surface area contributed by atoms with Gasteiger partial charge in [0.2, 0.25) is 0 Å². The lowest BCUT2D eigenvalue weighted by molar-refractivity contribution is 0.00578. The minimum Gasteiger partial charge on any atom is -0.508 e. The van der Waals surface area contributed by atoms with Gasteiger partial charge in [-0.1, -0.05) is 0 Å². The van der Waals surface area contributed by atoms with Gasteiger partial charge in [-0.25, -0.2) is 4.39 Å². The van der Waals surface area contributed by atoms with Crippen LogP contribution in [0.2, 0.25) is 0 Å². The van der Waals surface area contributed by atoms with Gasteiger partial charge in [0, 0.05) is 11.6 Å². The second kappa shape index (κ2) is 5.03. The maximum Gasteiger partial charge on any atom is 0.525 e. The molecule has 0 atom stereocenters. The summed E-state index contributed by atoms with van der Waals surface area (Å²) in [5, 5.41) is 19.1. The molecule has 0 bridgehead atoms. The van der Waals surface area contributed by atoms with Crippen LogP contribution in [0.25, 0.3) is 5.57 Å². The van der Waals surface area contributed by atoms with Crippen molar-refractivity contribution >= 4 is 12.7 Å². The molecule has 1 saturated heterocycles. The molecular formula is C15H20BFO4. The van der Waals surface area contributed by atoms with Crippen molar-refractivity contribution in [3.05, 3.63) is 29.5 Å². The highest BCUT2D eigenvalue weighted by Gasteiger charge is 2.53. The number of phenolic OH excluding ortho intramolecular Hbond substituents is 2. The van der Waals surface area contributed by atoms with Crippen molar-refractivity contribution in [1.29, 1.82) is 0 Å². The summed E-state index contributed by atoms with van der Waals surface area (Å²) >= 11 is 0. The van der Waals surface area contributed by atoms with Gasteiger partial charge in [0.25, 0.3) is 0 Å². The van der Waals surface area contributed by atoms with E-state index in [1.807, 2.05) is 27.7 Å². The van der Waals surface area contributed by atoms with E-state index in [-0.39, 0.29) is 17.1 Å². The molecule has 0 aliphatic carbocycles. The summed E-state index contributed by atoms with van der Waals surface area (Å²) in [4.78, 5) is 0. The first-order valence-electron chi connectivity index (χ1n) is 6.79. The zero-order chi connectivity index (χ0) is 16.0. The third-order valence-corrected chi connectivity index (χ3v) is 4.20. The Labute approximate surface area is 124 Å². The zero-order valence-corrected chi connectivity index (χ0v) is 12.9. The Hall–Kier alpha value is -1.53. The first-order valence-corrected chi connectivity index (χ1v) is 6.79. The number of phenols is 2. The lowest BCUT2D eigenvalue weighted by Gasteiger charge is -2.32. The maximum atomic E-state index is 14.6. The number of allylic oxidation sites excluding steroid dienone is 1. The molecule has 0 amide bonds. The second-order valence-electron chi connectivity index (χ2n) is 6.26. The number of benzene rings is 1. The van der Waals surface area contributed by atoms with Gasteiger partial charge in [0.05, 0.1) is 11.2 Å². The van der Waals surface area contributed by atoms with Crippen LogP contribution >= 0.6 is 0 Å². The van der Waals surface area contributed by atoms with E-state index < -0.39 is 24.0 Å². The molecular weight excluding hydrogens is 274 g/mol. The van der Waals surface area contributed by atoms with Crippen LogP contribution in [0, 0.1) is 0 Å². The highest BCUT2D eigenvalue weighted by atomic mass is 19.1. The highest BCUT2D eigenvalue weighted by Crippen LogP contribution is 2.41. The zero-order valence-electron chi connectivity index (χ0n) is 12.9. The summed E-state index contributed by atoms with van der Waals surface area (Å²) < 4.78 is 25.9. The fourth-order valence-corrected chi connectivity index (χ4v) is 2.09. The van der Waals surface area contributed by atoms with Crippen molar-refractivity contribution in [3.8, 4) is 11.5 Å². The van der Waals surface area contributed by atoms with E-state index >= 15 is 0 Å². The molecule has 21 heavy (non-hydrogen) atoms. The average Bonchev–Trinajstić information content (AvgIpc) is 2.57. The van der Waals surface area contributed by atoms with E-state index in [9.17, 15) is 14.6 Å². The summed E-state index contributed by atoms with van der Waals surface area (Å²) in [7, 11) is -1.11. The summed E-state index contributed by atoms with van der Waals surface area (Å²) in [6.07, 6.45) is 0.